The Morgan fingerprint density at radius 3 is 2.75 bits per heavy atom. The van der Waals surface area contributed by atoms with Crippen molar-refractivity contribution in [2.45, 2.75) is 0 Å². The van der Waals surface area contributed by atoms with Crippen LogP contribution in [0.1, 0.15) is 0 Å². The van der Waals surface area contributed by atoms with Crippen LogP contribution in [0.15, 0.2) is 47.7 Å². The molecule has 2 aromatic heterocycles. The van der Waals surface area contributed by atoms with Gasteiger partial charge >= 0.3 is 5.69 Å². The molecule has 0 aromatic carbocycles. The van der Waals surface area contributed by atoms with Crippen LogP contribution >= 0.6 is 0 Å². The van der Waals surface area contributed by atoms with Crippen LogP contribution in [0.25, 0.3) is 5.82 Å². The van der Waals surface area contributed by atoms with Crippen LogP contribution in [0.3, 0.4) is 0 Å². The molecule has 0 radical (unpaired) electrons. The number of aromatic nitrogens is 2. The Morgan fingerprint density at radius 1 is 1.31 bits per heavy atom. The van der Waals surface area contributed by atoms with Crippen LogP contribution in [-0.2, 0) is 0 Å². The summed E-state index contributed by atoms with van der Waals surface area (Å²) in [4.78, 5) is 25.1. The molecule has 16 heavy (non-hydrogen) atoms. The SMILES string of the molecule is O=c1ccn(-c2ccccn2)cc1[N+](=O)[O-]. The van der Waals surface area contributed by atoms with E-state index in [0.717, 1.165) is 12.3 Å². The van der Waals surface area contributed by atoms with Crippen LogP contribution in [0.5, 0.6) is 0 Å². The molecular formula is C10H7N3O3. The molecule has 0 unspecified atom stereocenters. The minimum absolute atomic E-state index is 0.465. The van der Waals surface area contributed by atoms with Gasteiger partial charge in [0, 0.05) is 18.5 Å². The molecule has 0 N–H and O–H groups in total. The fourth-order valence-corrected chi connectivity index (χ4v) is 1.26. The van der Waals surface area contributed by atoms with Crippen molar-refractivity contribution in [2.75, 3.05) is 0 Å². The molecule has 0 atom stereocenters. The lowest BCUT2D eigenvalue weighted by Crippen LogP contribution is -2.10. The maximum Gasteiger partial charge on any atom is 0.332 e. The summed E-state index contributed by atoms with van der Waals surface area (Å²) >= 11 is 0. The van der Waals surface area contributed by atoms with Crippen molar-refractivity contribution in [3.05, 3.63) is 63.2 Å². The standard InChI is InChI=1S/C10H7N3O3/c14-9-4-6-12(7-8(9)13(15)16)10-3-1-2-5-11-10/h1-7H. The van der Waals surface area contributed by atoms with Gasteiger partial charge in [-0.25, -0.2) is 4.98 Å². The molecule has 0 aliphatic rings. The fourth-order valence-electron chi connectivity index (χ4n) is 1.26. The number of hydrogen-bond acceptors (Lipinski definition) is 4. The number of rotatable bonds is 2. The number of nitrogens with zero attached hydrogens (tertiary/aromatic N) is 3. The Hall–Kier alpha value is -2.50. The minimum Gasteiger partial charge on any atom is -0.302 e. The molecule has 0 saturated carbocycles. The second-order valence-corrected chi connectivity index (χ2v) is 3.05. The first kappa shape index (κ1) is 10.0. The van der Waals surface area contributed by atoms with E-state index in [1.807, 2.05) is 0 Å². The molecular weight excluding hydrogens is 210 g/mol. The van der Waals surface area contributed by atoms with Gasteiger partial charge in [-0.15, -0.1) is 0 Å². The Bertz CT molecular complexity index is 577. The van der Waals surface area contributed by atoms with E-state index in [9.17, 15) is 14.9 Å². The Kier molecular flexibility index (Phi) is 2.47. The molecule has 0 aliphatic heterocycles. The van der Waals surface area contributed by atoms with Crippen LogP contribution in [0.2, 0.25) is 0 Å². The van der Waals surface area contributed by atoms with E-state index in [-0.39, 0.29) is 0 Å². The normalized spacial score (nSPS) is 10.0. The largest absolute Gasteiger partial charge is 0.332 e. The highest BCUT2D eigenvalue weighted by atomic mass is 16.6. The van der Waals surface area contributed by atoms with Gasteiger partial charge in [-0.3, -0.25) is 14.9 Å². The third-order valence-electron chi connectivity index (χ3n) is 2.01. The predicted molar refractivity (Wildman–Crippen MR) is 56.5 cm³/mol. The zero-order chi connectivity index (χ0) is 11.5. The quantitative estimate of drug-likeness (QED) is 0.558. The Labute approximate surface area is 90.0 Å². The lowest BCUT2D eigenvalue weighted by molar-refractivity contribution is -0.386. The van der Waals surface area contributed by atoms with E-state index in [0.29, 0.717) is 5.82 Å². The molecule has 0 amide bonds. The molecule has 2 rings (SSSR count). The van der Waals surface area contributed by atoms with E-state index in [1.54, 1.807) is 24.4 Å². The number of pyridine rings is 2. The summed E-state index contributed by atoms with van der Waals surface area (Å²) < 4.78 is 1.43. The maximum absolute atomic E-state index is 11.2. The van der Waals surface area contributed by atoms with Crippen molar-refractivity contribution in [1.29, 1.82) is 0 Å². The monoisotopic (exact) mass is 217 g/mol. The summed E-state index contributed by atoms with van der Waals surface area (Å²) in [6, 6.07) is 6.33. The lowest BCUT2D eigenvalue weighted by Gasteiger charge is -2.03. The summed E-state index contributed by atoms with van der Waals surface area (Å²) in [6.07, 6.45) is 4.17. The summed E-state index contributed by atoms with van der Waals surface area (Å²) in [5, 5.41) is 10.6. The van der Waals surface area contributed by atoms with Crippen LogP contribution in [0.4, 0.5) is 5.69 Å². The zero-order valence-corrected chi connectivity index (χ0v) is 8.11. The summed E-state index contributed by atoms with van der Waals surface area (Å²) in [5.74, 6) is 0.519. The van der Waals surface area contributed by atoms with E-state index in [1.165, 1.54) is 10.8 Å². The molecule has 6 heteroatoms. The van der Waals surface area contributed by atoms with Gasteiger partial charge in [0.15, 0.2) is 0 Å². The van der Waals surface area contributed by atoms with E-state index < -0.39 is 16.0 Å². The first-order valence-corrected chi connectivity index (χ1v) is 4.46. The van der Waals surface area contributed by atoms with Crippen molar-refractivity contribution in [3.63, 3.8) is 0 Å². The van der Waals surface area contributed by atoms with Gasteiger partial charge in [-0.05, 0) is 12.1 Å². The van der Waals surface area contributed by atoms with Crippen molar-refractivity contribution in [2.24, 2.45) is 0 Å². The van der Waals surface area contributed by atoms with Crippen molar-refractivity contribution < 1.29 is 4.92 Å². The predicted octanol–water partition coefficient (Wildman–Crippen LogP) is 1.14. The maximum atomic E-state index is 11.2. The van der Waals surface area contributed by atoms with Gasteiger partial charge < -0.3 is 4.57 Å². The molecule has 0 bridgehead atoms. The summed E-state index contributed by atoms with van der Waals surface area (Å²) in [5.41, 5.74) is -1.08. The average Bonchev–Trinajstić information content (AvgIpc) is 2.30. The van der Waals surface area contributed by atoms with Gasteiger partial charge in [0.2, 0.25) is 0 Å². The molecule has 2 heterocycles. The van der Waals surface area contributed by atoms with Crippen LogP contribution in [-0.4, -0.2) is 14.5 Å². The van der Waals surface area contributed by atoms with Crippen molar-refractivity contribution in [3.8, 4) is 5.82 Å². The molecule has 0 fully saturated rings. The van der Waals surface area contributed by atoms with E-state index in [2.05, 4.69) is 4.98 Å². The molecule has 6 nitrogen and oxygen atoms in total. The van der Waals surface area contributed by atoms with Crippen LogP contribution in [0, 0.1) is 10.1 Å². The average molecular weight is 217 g/mol. The van der Waals surface area contributed by atoms with Crippen LogP contribution < -0.4 is 5.43 Å². The van der Waals surface area contributed by atoms with Gasteiger partial charge in [0.25, 0.3) is 5.43 Å². The van der Waals surface area contributed by atoms with Gasteiger partial charge in [-0.1, -0.05) is 6.07 Å². The summed E-state index contributed by atoms with van der Waals surface area (Å²) in [6.45, 7) is 0. The van der Waals surface area contributed by atoms with Crippen molar-refractivity contribution >= 4 is 5.69 Å². The van der Waals surface area contributed by atoms with E-state index in [4.69, 9.17) is 0 Å². The first-order chi connectivity index (χ1) is 7.68. The number of nitro groups is 1. The smallest absolute Gasteiger partial charge is 0.302 e. The summed E-state index contributed by atoms with van der Waals surface area (Å²) in [7, 11) is 0. The molecule has 80 valence electrons. The molecule has 2 aromatic rings. The Morgan fingerprint density at radius 2 is 2.12 bits per heavy atom. The Balaban J connectivity index is 2.57. The highest BCUT2D eigenvalue weighted by molar-refractivity contribution is 5.31. The highest BCUT2D eigenvalue weighted by Gasteiger charge is 2.12. The lowest BCUT2D eigenvalue weighted by atomic mass is 10.4. The second-order valence-electron chi connectivity index (χ2n) is 3.05. The third-order valence-corrected chi connectivity index (χ3v) is 2.01. The third kappa shape index (κ3) is 1.81. The van der Waals surface area contributed by atoms with Crippen molar-refractivity contribution in [1.82, 2.24) is 9.55 Å². The zero-order valence-electron chi connectivity index (χ0n) is 8.11. The van der Waals surface area contributed by atoms with Gasteiger partial charge in [0.1, 0.15) is 5.82 Å². The van der Waals surface area contributed by atoms with E-state index >= 15 is 0 Å². The molecule has 0 saturated heterocycles. The van der Waals surface area contributed by atoms with Gasteiger partial charge in [-0.2, -0.15) is 0 Å². The minimum atomic E-state index is -0.707. The topological polar surface area (TPSA) is 78.0 Å². The number of hydrogen-bond donors (Lipinski definition) is 0. The highest BCUT2D eigenvalue weighted by Crippen LogP contribution is 2.07. The molecule has 0 aliphatic carbocycles. The fraction of sp³-hybridized carbons (Fsp3) is 0. The molecule has 0 spiro atoms. The van der Waals surface area contributed by atoms with Gasteiger partial charge in [0.05, 0.1) is 11.1 Å². The second kappa shape index (κ2) is 3.93. The first-order valence-electron chi connectivity index (χ1n) is 4.46.